The molecule has 4 aromatic rings. The minimum atomic E-state index is -0.511. The highest BCUT2D eigenvalue weighted by Crippen LogP contribution is 2.39. The minimum absolute atomic E-state index is 0.0255. The van der Waals surface area contributed by atoms with Crippen LogP contribution in [0.1, 0.15) is 44.9 Å². The average Bonchev–Trinajstić information content (AvgIpc) is 3.01. The summed E-state index contributed by atoms with van der Waals surface area (Å²) in [6, 6.07) is 11.9. The lowest BCUT2D eigenvalue weighted by atomic mass is 9.77. The van der Waals surface area contributed by atoms with E-state index in [-0.39, 0.29) is 22.9 Å². The molecule has 1 aliphatic carbocycles. The molecule has 1 saturated carbocycles. The highest BCUT2D eigenvalue weighted by molar-refractivity contribution is 5.95. The summed E-state index contributed by atoms with van der Waals surface area (Å²) < 4.78 is 20.9. The number of pyridine rings is 3. The molecule has 3 aliphatic rings. The molecule has 9 nitrogen and oxygen atoms in total. The van der Waals surface area contributed by atoms with Gasteiger partial charge >= 0.3 is 0 Å². The Morgan fingerprint density at radius 3 is 2.56 bits per heavy atom. The van der Waals surface area contributed by atoms with Gasteiger partial charge in [-0.3, -0.25) is 9.59 Å². The van der Waals surface area contributed by atoms with Crippen molar-refractivity contribution < 1.29 is 13.9 Å². The van der Waals surface area contributed by atoms with Crippen molar-refractivity contribution in [2.75, 3.05) is 41.8 Å². The molecule has 0 atom stereocenters. The number of H-pyrrole nitrogens is 1. The van der Waals surface area contributed by atoms with E-state index in [9.17, 15) is 9.59 Å². The van der Waals surface area contributed by atoms with Crippen molar-refractivity contribution in [3.63, 3.8) is 0 Å². The van der Waals surface area contributed by atoms with Crippen LogP contribution in [0.15, 0.2) is 59.7 Å². The molecule has 3 aromatic heterocycles. The number of amides is 1. The van der Waals surface area contributed by atoms with Gasteiger partial charge < -0.3 is 25.3 Å². The van der Waals surface area contributed by atoms with Gasteiger partial charge in [0.05, 0.1) is 47.4 Å². The van der Waals surface area contributed by atoms with E-state index in [0.29, 0.717) is 39.2 Å². The Morgan fingerprint density at radius 1 is 1.05 bits per heavy atom. The molecule has 7 rings (SSSR count). The molecule has 0 bridgehead atoms. The van der Waals surface area contributed by atoms with Gasteiger partial charge in [0.2, 0.25) is 5.91 Å². The largest absolute Gasteiger partial charge is 0.380 e. The molecule has 43 heavy (non-hydrogen) atoms. The van der Waals surface area contributed by atoms with E-state index < -0.39 is 5.82 Å². The van der Waals surface area contributed by atoms with Gasteiger partial charge in [-0.25, -0.2) is 14.4 Å². The van der Waals surface area contributed by atoms with Crippen molar-refractivity contribution in [1.29, 1.82) is 0 Å². The lowest BCUT2D eigenvalue weighted by Gasteiger charge is -2.47. The zero-order valence-electron chi connectivity index (χ0n) is 24.0. The normalized spacial score (nSPS) is 18.4. The van der Waals surface area contributed by atoms with Crippen LogP contribution >= 0.6 is 0 Å². The molecule has 0 radical (unpaired) electrons. The third-order valence-corrected chi connectivity index (χ3v) is 9.24. The van der Waals surface area contributed by atoms with E-state index in [2.05, 4.69) is 30.5 Å². The van der Waals surface area contributed by atoms with Crippen LogP contribution in [0.2, 0.25) is 0 Å². The van der Waals surface area contributed by atoms with Crippen molar-refractivity contribution in [3.8, 4) is 11.3 Å². The standard InChI is InChI=1S/C33H35FN6O3/c34-25-16-22(37-31(41)21-4-2-1-3-5-21)6-8-24(25)27-17-28(30-26(38-27)10-13-35-32(30)42)39-29-9-7-23(18-36-29)40-14-11-33(12-15-40)19-43-20-33/h6-10,13,16-18,21H,1-5,11-12,14-15,19-20H2,(H,35,42)(H,37,41)(H,36,38,39). The monoisotopic (exact) mass is 582 g/mol. The molecule has 2 aliphatic heterocycles. The summed E-state index contributed by atoms with van der Waals surface area (Å²) in [6.45, 7) is 3.68. The van der Waals surface area contributed by atoms with Crippen LogP contribution in [0, 0.1) is 17.2 Å². The molecular weight excluding hydrogens is 547 g/mol. The van der Waals surface area contributed by atoms with Crippen molar-refractivity contribution in [2.45, 2.75) is 44.9 Å². The number of benzene rings is 1. The number of rotatable bonds is 6. The third-order valence-electron chi connectivity index (χ3n) is 9.24. The summed E-state index contributed by atoms with van der Waals surface area (Å²) in [4.78, 5) is 39.8. The van der Waals surface area contributed by atoms with E-state index in [0.717, 1.165) is 76.9 Å². The Balaban J connectivity index is 1.13. The third kappa shape index (κ3) is 5.59. The predicted molar refractivity (Wildman–Crippen MR) is 165 cm³/mol. The molecule has 10 heteroatoms. The van der Waals surface area contributed by atoms with Crippen LogP contribution in [-0.4, -0.2) is 47.2 Å². The fraction of sp³-hybridized carbons (Fsp3) is 0.394. The summed E-state index contributed by atoms with van der Waals surface area (Å²) in [7, 11) is 0. The summed E-state index contributed by atoms with van der Waals surface area (Å²) in [5.74, 6) is -0.0320. The van der Waals surface area contributed by atoms with Gasteiger partial charge in [0.25, 0.3) is 5.56 Å². The Kier molecular flexibility index (Phi) is 7.30. The van der Waals surface area contributed by atoms with Gasteiger partial charge in [0.1, 0.15) is 11.6 Å². The number of hydrogen-bond donors (Lipinski definition) is 3. The van der Waals surface area contributed by atoms with Crippen LogP contribution in [-0.2, 0) is 9.53 Å². The SMILES string of the molecule is O=C(Nc1ccc(-c2cc(Nc3ccc(N4CCC5(CC4)COC5)cn3)c3c(=O)[nH]ccc3n2)c(F)c1)C1CCCCC1. The number of nitrogens with one attached hydrogen (secondary N) is 3. The summed E-state index contributed by atoms with van der Waals surface area (Å²) >= 11 is 0. The quantitative estimate of drug-likeness (QED) is 0.256. The fourth-order valence-electron chi connectivity index (χ4n) is 6.54. The summed E-state index contributed by atoms with van der Waals surface area (Å²) in [5.41, 5.74) is 3.06. The van der Waals surface area contributed by atoms with Gasteiger partial charge in [0.15, 0.2) is 0 Å². The smallest absolute Gasteiger partial charge is 0.259 e. The molecule has 222 valence electrons. The number of aromatic nitrogens is 3. The fourth-order valence-corrected chi connectivity index (χ4v) is 6.54. The maximum absolute atomic E-state index is 15.5. The summed E-state index contributed by atoms with van der Waals surface area (Å²) in [5, 5.41) is 6.50. The number of piperidine rings is 1. The van der Waals surface area contributed by atoms with E-state index in [1.807, 2.05) is 18.3 Å². The predicted octanol–water partition coefficient (Wildman–Crippen LogP) is 6.00. The van der Waals surface area contributed by atoms with Gasteiger partial charge in [-0.05, 0) is 68.1 Å². The Labute approximate surface area is 248 Å². The molecule has 1 amide bonds. The first-order valence-electron chi connectivity index (χ1n) is 15.2. The average molecular weight is 583 g/mol. The molecule has 5 heterocycles. The minimum Gasteiger partial charge on any atom is -0.380 e. The Bertz CT molecular complexity index is 1700. The maximum atomic E-state index is 15.5. The second-order valence-electron chi connectivity index (χ2n) is 12.1. The number of anilines is 4. The molecule has 1 aromatic carbocycles. The van der Waals surface area contributed by atoms with E-state index in [1.54, 1.807) is 24.3 Å². The number of nitrogens with zero attached hydrogens (tertiary/aromatic N) is 3. The number of aromatic amines is 1. The van der Waals surface area contributed by atoms with E-state index in [4.69, 9.17) is 4.74 Å². The topological polar surface area (TPSA) is 112 Å². The first kappa shape index (κ1) is 27.5. The van der Waals surface area contributed by atoms with E-state index in [1.165, 1.54) is 12.3 Å². The molecule has 2 saturated heterocycles. The first-order valence-corrected chi connectivity index (χ1v) is 15.2. The molecule has 0 unspecified atom stereocenters. The molecule has 3 fully saturated rings. The highest BCUT2D eigenvalue weighted by Gasteiger charge is 2.41. The number of fused-ring (bicyclic) bond motifs is 1. The second-order valence-corrected chi connectivity index (χ2v) is 12.1. The van der Waals surface area contributed by atoms with Gasteiger partial charge in [-0.2, -0.15) is 0 Å². The van der Waals surface area contributed by atoms with Crippen LogP contribution in [0.4, 0.5) is 27.3 Å². The second kappa shape index (κ2) is 11.4. The van der Waals surface area contributed by atoms with Crippen molar-refractivity contribution in [2.24, 2.45) is 11.3 Å². The molecular formula is C33H35FN6O3. The first-order chi connectivity index (χ1) is 21.0. The number of carbonyl (C=O) groups excluding carboxylic acids is 1. The zero-order chi connectivity index (χ0) is 29.4. The number of halogens is 1. The Morgan fingerprint density at radius 2 is 1.86 bits per heavy atom. The zero-order valence-corrected chi connectivity index (χ0v) is 24.0. The molecule has 3 N–H and O–H groups in total. The lowest BCUT2D eigenvalue weighted by molar-refractivity contribution is -0.124. The van der Waals surface area contributed by atoms with Crippen LogP contribution in [0.3, 0.4) is 0 Å². The number of hydrogen-bond acceptors (Lipinski definition) is 7. The van der Waals surface area contributed by atoms with Gasteiger partial charge in [-0.15, -0.1) is 0 Å². The van der Waals surface area contributed by atoms with Gasteiger partial charge in [-0.1, -0.05) is 19.3 Å². The van der Waals surface area contributed by atoms with Crippen LogP contribution in [0.5, 0.6) is 0 Å². The lowest BCUT2D eigenvalue weighted by Crippen LogP contribution is -2.50. The van der Waals surface area contributed by atoms with Gasteiger partial charge in [0, 0.05) is 41.9 Å². The maximum Gasteiger partial charge on any atom is 0.259 e. The van der Waals surface area contributed by atoms with Crippen molar-refractivity contribution in [1.82, 2.24) is 15.0 Å². The molecule has 1 spiro atoms. The van der Waals surface area contributed by atoms with E-state index >= 15 is 4.39 Å². The highest BCUT2D eigenvalue weighted by atomic mass is 19.1. The number of ether oxygens (including phenoxy) is 1. The van der Waals surface area contributed by atoms with Crippen molar-refractivity contribution >= 4 is 39.7 Å². The van der Waals surface area contributed by atoms with Crippen LogP contribution in [0.25, 0.3) is 22.2 Å². The number of carbonyl (C=O) groups is 1. The Hall–Kier alpha value is -4.31. The van der Waals surface area contributed by atoms with Crippen molar-refractivity contribution in [3.05, 3.63) is 71.0 Å². The van der Waals surface area contributed by atoms with Crippen LogP contribution < -0.4 is 21.1 Å². The summed E-state index contributed by atoms with van der Waals surface area (Å²) in [6.07, 6.45) is 10.6.